The molecule has 0 fully saturated rings. The molecule has 0 aliphatic heterocycles. The van der Waals surface area contributed by atoms with Gasteiger partial charge < -0.3 is 4.18 Å². The third-order valence-corrected chi connectivity index (χ3v) is 5.15. The van der Waals surface area contributed by atoms with Gasteiger partial charge in [0.15, 0.2) is 12.0 Å². The Kier molecular flexibility index (Phi) is 4.14. The number of hydrogen-bond acceptors (Lipinski definition) is 5. The van der Waals surface area contributed by atoms with E-state index in [9.17, 15) is 13.2 Å². The summed E-state index contributed by atoms with van der Waals surface area (Å²) in [5.41, 5.74) is 0.705. The summed E-state index contributed by atoms with van der Waals surface area (Å²) in [6.45, 7) is 0. The number of benzene rings is 2. The Labute approximate surface area is 141 Å². The lowest BCUT2D eigenvalue weighted by atomic mass is 10.2. The van der Waals surface area contributed by atoms with Gasteiger partial charge in [-0.2, -0.15) is 8.42 Å². The number of halogens is 1. The highest BCUT2D eigenvalue weighted by Crippen LogP contribution is 2.33. The first-order valence-electron chi connectivity index (χ1n) is 6.55. The fourth-order valence-electron chi connectivity index (χ4n) is 2.03. The molecule has 0 radical (unpaired) electrons. The second kappa shape index (κ2) is 6.10. The molecule has 2 aromatic carbocycles. The Bertz CT molecular complexity index is 988. The van der Waals surface area contributed by atoms with E-state index in [4.69, 9.17) is 4.18 Å². The van der Waals surface area contributed by atoms with Gasteiger partial charge in [0.2, 0.25) is 0 Å². The first-order valence-corrected chi connectivity index (χ1v) is 8.75. The zero-order valence-corrected chi connectivity index (χ0v) is 14.0. The zero-order chi connectivity index (χ0) is 16.4. The number of aromatic nitrogens is 1. The predicted molar refractivity (Wildman–Crippen MR) is 89.1 cm³/mol. The van der Waals surface area contributed by atoms with E-state index in [1.54, 1.807) is 36.4 Å². The van der Waals surface area contributed by atoms with Crippen LogP contribution in [0.5, 0.6) is 5.75 Å². The van der Waals surface area contributed by atoms with Gasteiger partial charge in [-0.25, -0.2) is 4.98 Å². The molecule has 23 heavy (non-hydrogen) atoms. The van der Waals surface area contributed by atoms with Crippen LogP contribution in [0.2, 0.25) is 0 Å². The molecule has 0 spiro atoms. The van der Waals surface area contributed by atoms with Gasteiger partial charge in [-0.3, -0.25) is 4.79 Å². The van der Waals surface area contributed by atoms with Crippen LogP contribution in [0.1, 0.15) is 10.5 Å². The van der Waals surface area contributed by atoms with Crippen molar-refractivity contribution in [1.82, 2.24) is 4.98 Å². The van der Waals surface area contributed by atoms with E-state index in [1.165, 1.54) is 18.2 Å². The van der Waals surface area contributed by atoms with Gasteiger partial charge in [-0.1, -0.05) is 24.3 Å². The summed E-state index contributed by atoms with van der Waals surface area (Å²) in [7, 11) is -3.95. The van der Waals surface area contributed by atoms with Crippen LogP contribution < -0.4 is 4.18 Å². The molecule has 0 unspecified atom stereocenters. The fraction of sp³-hybridized carbons (Fsp3) is 0. The number of aldehydes is 1. The third kappa shape index (κ3) is 3.11. The molecule has 0 aliphatic carbocycles. The third-order valence-electron chi connectivity index (χ3n) is 3.14. The molecule has 5 nitrogen and oxygen atoms in total. The average molecular weight is 392 g/mol. The van der Waals surface area contributed by atoms with Crippen molar-refractivity contribution in [2.45, 2.75) is 4.90 Å². The summed E-state index contributed by atoms with van der Waals surface area (Å²) >= 11 is 3.30. The summed E-state index contributed by atoms with van der Waals surface area (Å²) in [5.74, 6) is 0.108. The average Bonchev–Trinajstić information content (AvgIpc) is 2.58. The maximum Gasteiger partial charge on any atom is 0.339 e. The number of fused-ring (bicyclic) bond motifs is 1. The van der Waals surface area contributed by atoms with Gasteiger partial charge in [0.05, 0.1) is 9.99 Å². The largest absolute Gasteiger partial charge is 0.378 e. The molecule has 0 N–H and O–H groups in total. The van der Waals surface area contributed by atoms with Crippen LogP contribution in [0.15, 0.2) is 64.0 Å². The lowest BCUT2D eigenvalue weighted by Gasteiger charge is -2.10. The summed E-state index contributed by atoms with van der Waals surface area (Å²) < 4.78 is 30.2. The Balaban J connectivity index is 2.07. The highest BCUT2D eigenvalue weighted by atomic mass is 79.9. The highest BCUT2D eigenvalue weighted by Gasteiger charge is 2.19. The first kappa shape index (κ1) is 15.6. The molecule has 0 amide bonds. The van der Waals surface area contributed by atoms with Crippen LogP contribution in [0.25, 0.3) is 10.9 Å². The van der Waals surface area contributed by atoms with Crippen LogP contribution >= 0.6 is 15.9 Å². The molecule has 1 aromatic heterocycles. The molecule has 1 heterocycles. The van der Waals surface area contributed by atoms with Crippen molar-refractivity contribution in [3.8, 4) is 5.75 Å². The van der Waals surface area contributed by atoms with Gasteiger partial charge in [-0.05, 0) is 46.3 Å². The number of rotatable bonds is 4. The molecule has 0 saturated heterocycles. The van der Waals surface area contributed by atoms with E-state index < -0.39 is 10.1 Å². The Hall–Kier alpha value is -2.25. The van der Waals surface area contributed by atoms with Gasteiger partial charge in [0.25, 0.3) is 0 Å². The SMILES string of the molecule is O=Cc1ccc2ccc(OS(=O)(=O)c3ccccc3)c(Br)c2n1. The Morgan fingerprint density at radius 1 is 1.00 bits per heavy atom. The number of nitrogens with zero attached hydrogens (tertiary/aromatic N) is 1. The molecule has 116 valence electrons. The molecule has 7 heteroatoms. The first-order chi connectivity index (χ1) is 11.0. The zero-order valence-electron chi connectivity index (χ0n) is 11.6. The van der Waals surface area contributed by atoms with Crippen LogP contribution in [0.3, 0.4) is 0 Å². The second-order valence-corrected chi connectivity index (χ2v) is 6.99. The van der Waals surface area contributed by atoms with E-state index >= 15 is 0 Å². The molecular formula is C16H10BrNO4S. The van der Waals surface area contributed by atoms with E-state index in [2.05, 4.69) is 20.9 Å². The maximum absolute atomic E-state index is 12.3. The lowest BCUT2D eigenvalue weighted by molar-refractivity contribution is 0.111. The molecular weight excluding hydrogens is 382 g/mol. The van der Waals surface area contributed by atoms with Crippen molar-refractivity contribution >= 4 is 43.2 Å². The fourth-order valence-corrected chi connectivity index (χ4v) is 3.63. The van der Waals surface area contributed by atoms with Crippen LogP contribution in [-0.2, 0) is 10.1 Å². The number of pyridine rings is 1. The van der Waals surface area contributed by atoms with Gasteiger partial charge in [0, 0.05) is 5.39 Å². The van der Waals surface area contributed by atoms with Crippen LogP contribution in [0.4, 0.5) is 0 Å². The summed E-state index contributed by atoms with van der Waals surface area (Å²) in [4.78, 5) is 15.1. The monoisotopic (exact) mass is 391 g/mol. The minimum atomic E-state index is -3.95. The van der Waals surface area contributed by atoms with Gasteiger partial charge in [0.1, 0.15) is 10.6 Å². The predicted octanol–water partition coefficient (Wildman–Crippen LogP) is 3.58. The van der Waals surface area contributed by atoms with E-state index in [-0.39, 0.29) is 16.3 Å². The standard InChI is InChI=1S/C16H10BrNO4S/c17-15-14(22-23(20,21)13-4-2-1-3-5-13)9-7-11-6-8-12(10-19)18-16(11)15/h1-10H. The smallest absolute Gasteiger partial charge is 0.339 e. The number of hydrogen-bond donors (Lipinski definition) is 0. The Morgan fingerprint density at radius 3 is 2.39 bits per heavy atom. The van der Waals surface area contributed by atoms with Crippen LogP contribution in [0, 0.1) is 0 Å². The molecule has 0 saturated carbocycles. The van der Waals surface area contributed by atoms with Crippen molar-refractivity contribution < 1.29 is 17.4 Å². The quantitative estimate of drug-likeness (QED) is 0.501. The summed E-state index contributed by atoms with van der Waals surface area (Å²) in [5, 5.41) is 0.756. The van der Waals surface area contributed by atoms with Crippen molar-refractivity contribution in [3.05, 3.63) is 64.8 Å². The lowest BCUT2D eigenvalue weighted by Crippen LogP contribution is -2.10. The molecule has 0 atom stereocenters. The van der Waals surface area contributed by atoms with Crippen molar-refractivity contribution in [3.63, 3.8) is 0 Å². The van der Waals surface area contributed by atoms with Crippen molar-refractivity contribution in [1.29, 1.82) is 0 Å². The van der Waals surface area contributed by atoms with E-state index in [0.29, 0.717) is 16.3 Å². The second-order valence-electron chi connectivity index (χ2n) is 4.65. The molecule has 0 aliphatic rings. The van der Waals surface area contributed by atoms with Crippen molar-refractivity contribution in [2.75, 3.05) is 0 Å². The van der Waals surface area contributed by atoms with Gasteiger partial charge >= 0.3 is 10.1 Å². The van der Waals surface area contributed by atoms with Gasteiger partial charge in [-0.15, -0.1) is 0 Å². The Morgan fingerprint density at radius 2 is 1.70 bits per heavy atom. The summed E-state index contributed by atoms with van der Waals surface area (Å²) in [6.07, 6.45) is 0.625. The molecule has 3 aromatic rings. The maximum atomic E-state index is 12.3. The minimum absolute atomic E-state index is 0.0570. The molecule has 0 bridgehead atoms. The van der Waals surface area contributed by atoms with Crippen molar-refractivity contribution in [2.24, 2.45) is 0 Å². The van der Waals surface area contributed by atoms with E-state index in [0.717, 1.165) is 5.39 Å². The minimum Gasteiger partial charge on any atom is -0.378 e. The topological polar surface area (TPSA) is 73.3 Å². The molecule has 3 rings (SSSR count). The van der Waals surface area contributed by atoms with E-state index in [1.807, 2.05) is 0 Å². The highest BCUT2D eigenvalue weighted by molar-refractivity contribution is 9.10. The van der Waals surface area contributed by atoms with Crippen LogP contribution in [-0.4, -0.2) is 19.7 Å². The number of carbonyl (C=O) groups is 1. The normalized spacial score (nSPS) is 11.3. The number of carbonyl (C=O) groups excluding carboxylic acids is 1. The summed E-state index contributed by atoms with van der Waals surface area (Å²) in [6, 6.07) is 14.4.